The van der Waals surface area contributed by atoms with E-state index >= 15 is 0 Å². The first-order valence-electron chi connectivity index (χ1n) is 2.50. The molecule has 0 heterocycles. The van der Waals surface area contributed by atoms with Gasteiger partial charge in [-0.3, -0.25) is 0 Å². The zero-order valence-corrected chi connectivity index (χ0v) is 4.39. The van der Waals surface area contributed by atoms with Crippen molar-refractivity contribution in [1.82, 2.24) is 0 Å². The first kappa shape index (κ1) is 5.78. The van der Waals surface area contributed by atoms with E-state index in [-0.39, 0.29) is 0 Å². The van der Waals surface area contributed by atoms with Crippen LogP contribution in [0.5, 0.6) is 0 Å². The molecule has 0 aliphatic carbocycles. The number of hydrogen-bond acceptors (Lipinski definition) is 4. The standard InChI is InChI=1S/C2H3BN4O2/c3-6-9-2(8)1-5-7-4/h3H,1H2/i3D. The van der Waals surface area contributed by atoms with Gasteiger partial charge in [0.15, 0.2) is 0 Å². The first-order chi connectivity index (χ1) is 4.81. The normalized spacial score (nSPS) is 9.11. The summed E-state index contributed by atoms with van der Waals surface area (Å²) in [5.41, 5.74) is 7.72. The van der Waals surface area contributed by atoms with E-state index in [9.17, 15) is 4.79 Å². The number of hydrogen-bond donors (Lipinski definition) is 0. The zero-order valence-electron chi connectivity index (χ0n) is 5.39. The van der Waals surface area contributed by atoms with Gasteiger partial charge in [0.1, 0.15) is 0 Å². The second kappa shape index (κ2) is 4.80. The van der Waals surface area contributed by atoms with Crippen molar-refractivity contribution in [2.45, 2.75) is 0 Å². The topological polar surface area (TPSA) is 87.4 Å². The number of carbonyl (C=O) groups excluding carboxylic acids is 1. The van der Waals surface area contributed by atoms with Gasteiger partial charge in [0, 0.05) is 0 Å². The summed E-state index contributed by atoms with van der Waals surface area (Å²) in [6, 6.07) is 0. The minimum atomic E-state index is -0.790. The van der Waals surface area contributed by atoms with Crippen LogP contribution in [0.2, 0.25) is 0 Å². The summed E-state index contributed by atoms with van der Waals surface area (Å²) in [4.78, 5) is 16.6. The predicted octanol–water partition coefficient (Wildman–Crippen LogP) is -0.161. The van der Waals surface area contributed by atoms with Crippen molar-refractivity contribution in [2.75, 3.05) is 6.54 Å². The van der Waals surface area contributed by atoms with Crippen molar-refractivity contribution >= 4 is 13.6 Å². The van der Waals surface area contributed by atoms with Gasteiger partial charge in [-0.05, 0) is 0 Å². The van der Waals surface area contributed by atoms with Gasteiger partial charge in [-0.1, -0.05) is 0 Å². The third kappa shape index (κ3) is 4.50. The van der Waals surface area contributed by atoms with Gasteiger partial charge in [-0.15, -0.1) is 0 Å². The average Bonchev–Trinajstić information content (AvgIpc) is 1.97. The van der Waals surface area contributed by atoms with Gasteiger partial charge in [-0.25, -0.2) is 0 Å². The van der Waals surface area contributed by atoms with Crippen LogP contribution in [-0.2, 0) is 9.63 Å². The molecule has 0 aromatic heterocycles. The fourth-order valence-corrected chi connectivity index (χ4v) is 0.177. The van der Waals surface area contributed by atoms with E-state index in [1.165, 1.54) is 0 Å². The van der Waals surface area contributed by atoms with E-state index in [4.69, 9.17) is 6.87 Å². The van der Waals surface area contributed by atoms with E-state index in [1.807, 2.05) is 0 Å². The number of rotatable bonds is 3. The van der Waals surface area contributed by atoms with E-state index in [2.05, 4.69) is 19.9 Å². The van der Waals surface area contributed by atoms with E-state index in [0.29, 0.717) is 7.60 Å². The van der Waals surface area contributed by atoms with Gasteiger partial charge in [0.05, 0.1) is 0 Å². The maximum absolute atomic E-state index is 10.3. The van der Waals surface area contributed by atoms with Crippen LogP contribution in [0.4, 0.5) is 0 Å². The first-order valence-corrected chi connectivity index (χ1v) is 1.92. The molecule has 0 aromatic carbocycles. The van der Waals surface area contributed by atoms with E-state index in [0.717, 1.165) is 0 Å². The zero-order chi connectivity index (χ0) is 7.82. The fourth-order valence-electron chi connectivity index (χ4n) is 0.177. The Bertz CT molecular complexity index is 188. The van der Waals surface area contributed by atoms with Gasteiger partial charge in [0.2, 0.25) is 0 Å². The van der Waals surface area contributed by atoms with Crippen LogP contribution in [0.1, 0.15) is 0 Å². The molecular formula is C2H3BN4O2. The molecule has 0 N–H and O–H groups in total. The molecule has 0 amide bonds. The molecule has 7 heteroatoms. The van der Waals surface area contributed by atoms with Crippen LogP contribution in [0.25, 0.3) is 10.4 Å². The van der Waals surface area contributed by atoms with Crippen molar-refractivity contribution in [3.05, 3.63) is 10.4 Å². The van der Waals surface area contributed by atoms with Crippen molar-refractivity contribution < 1.29 is 9.63 Å². The third-order valence-corrected chi connectivity index (χ3v) is 0.418. The molecular weight excluding hydrogens is 123 g/mol. The van der Waals surface area contributed by atoms with Crippen LogP contribution in [0.3, 0.4) is 0 Å². The van der Waals surface area contributed by atoms with Crippen molar-refractivity contribution in [1.29, 1.82) is 1.34 Å². The number of azide groups is 1. The number of nitrogens with zero attached hydrogens (tertiary/aromatic N) is 4. The molecule has 46 valence electrons. The van der Waals surface area contributed by atoms with Crippen LogP contribution in [0, 0.1) is 0 Å². The Morgan fingerprint density at radius 2 is 2.89 bits per heavy atom. The Kier molecular flexibility index (Phi) is 3.08. The Hall–Kier alpha value is -1.36. The summed E-state index contributed by atoms with van der Waals surface area (Å²) < 4.78 is 6.30. The number of carbonyl (C=O) groups is 1. The molecule has 0 aliphatic rings. The minimum absolute atomic E-state index is 0.409. The van der Waals surface area contributed by atoms with Gasteiger partial charge in [-0.2, -0.15) is 0 Å². The predicted molar refractivity (Wildman–Crippen MR) is 29.7 cm³/mol. The van der Waals surface area contributed by atoms with Crippen molar-refractivity contribution in [2.24, 2.45) is 10.2 Å². The summed E-state index contributed by atoms with van der Waals surface area (Å²) in [5, 5.41) is 5.73. The molecule has 0 atom stereocenters. The second-order valence-corrected chi connectivity index (χ2v) is 0.958. The summed E-state index contributed by atoms with van der Waals surface area (Å²) in [6.45, 7) is -0.409. The van der Waals surface area contributed by atoms with Crippen LogP contribution >= 0.6 is 0 Å². The summed E-state index contributed by atoms with van der Waals surface area (Å²) in [7, 11) is 0.563. The molecule has 0 rings (SSSR count). The molecule has 0 bridgehead atoms. The molecule has 0 saturated carbocycles. The van der Waals surface area contributed by atoms with E-state index in [1.54, 1.807) is 0 Å². The molecule has 0 aliphatic heterocycles. The van der Waals surface area contributed by atoms with E-state index < -0.39 is 12.5 Å². The van der Waals surface area contributed by atoms with Gasteiger partial charge < -0.3 is 0 Å². The Labute approximate surface area is 52.9 Å². The Morgan fingerprint density at radius 1 is 2.11 bits per heavy atom. The van der Waals surface area contributed by atoms with Crippen LogP contribution < -0.4 is 0 Å². The average molecular weight is 127 g/mol. The summed E-state index contributed by atoms with van der Waals surface area (Å²) in [6.07, 6.45) is 0. The van der Waals surface area contributed by atoms with Crippen molar-refractivity contribution in [3.8, 4) is 0 Å². The molecule has 0 spiro atoms. The molecule has 6 nitrogen and oxygen atoms in total. The Morgan fingerprint density at radius 3 is 3.44 bits per heavy atom. The molecule has 0 radical (unpaired) electrons. The Balaban J connectivity index is 3.53. The SMILES string of the molecule is [2H]/B=N/OC(=O)CN=[N+]=[N-]. The van der Waals surface area contributed by atoms with Gasteiger partial charge >= 0.3 is 51.7 Å². The second-order valence-electron chi connectivity index (χ2n) is 0.958. The maximum atomic E-state index is 10.3. The summed E-state index contributed by atoms with van der Waals surface area (Å²) >= 11 is 0. The van der Waals surface area contributed by atoms with Crippen LogP contribution in [0.15, 0.2) is 10.2 Å². The van der Waals surface area contributed by atoms with Crippen LogP contribution in [-0.4, -0.2) is 21.5 Å². The van der Waals surface area contributed by atoms with Crippen molar-refractivity contribution in [3.63, 3.8) is 0 Å². The third-order valence-electron chi connectivity index (χ3n) is 0.418. The monoisotopic (exact) mass is 127 g/mol. The fraction of sp³-hybridized carbons (Fsp3) is 0.500. The molecule has 0 aromatic rings. The molecule has 0 unspecified atom stereocenters. The molecule has 0 fully saturated rings. The van der Waals surface area contributed by atoms with Gasteiger partial charge in [0.25, 0.3) is 0 Å². The molecule has 0 saturated heterocycles. The molecule has 9 heavy (non-hydrogen) atoms. The quantitative estimate of drug-likeness (QED) is 0.173. The summed E-state index contributed by atoms with van der Waals surface area (Å²) in [5.74, 6) is -0.790.